The van der Waals surface area contributed by atoms with Gasteiger partial charge in [0.15, 0.2) is 0 Å². The number of hydrogen-bond acceptors (Lipinski definition) is 2. The van der Waals surface area contributed by atoms with E-state index in [1.807, 2.05) is 11.8 Å². The fraction of sp³-hybridized carbons (Fsp3) is 0.727. The first-order valence-corrected chi connectivity index (χ1v) is 5.25. The van der Waals surface area contributed by atoms with E-state index in [9.17, 15) is 4.79 Å². The van der Waals surface area contributed by atoms with E-state index in [4.69, 9.17) is 6.42 Å². The van der Waals surface area contributed by atoms with E-state index in [1.165, 1.54) is 0 Å². The van der Waals surface area contributed by atoms with E-state index in [0.717, 1.165) is 32.4 Å². The molecule has 0 aromatic carbocycles. The van der Waals surface area contributed by atoms with Crippen molar-refractivity contribution in [1.29, 1.82) is 0 Å². The lowest BCUT2D eigenvalue weighted by Gasteiger charge is -2.17. The van der Waals surface area contributed by atoms with Crippen LogP contribution in [-0.2, 0) is 4.79 Å². The van der Waals surface area contributed by atoms with E-state index in [-0.39, 0.29) is 11.9 Å². The summed E-state index contributed by atoms with van der Waals surface area (Å²) in [4.78, 5) is 13.5. The molecule has 0 saturated carbocycles. The molecule has 0 aromatic heterocycles. The topological polar surface area (TPSA) is 32.3 Å². The van der Waals surface area contributed by atoms with Crippen molar-refractivity contribution >= 4 is 5.91 Å². The zero-order valence-corrected chi connectivity index (χ0v) is 8.75. The first-order chi connectivity index (χ1) is 6.77. The molecule has 0 bridgehead atoms. The molecule has 1 unspecified atom stereocenters. The number of nitrogens with one attached hydrogen (secondary N) is 1. The molecule has 3 heteroatoms. The van der Waals surface area contributed by atoms with Crippen LogP contribution >= 0.6 is 0 Å². The van der Waals surface area contributed by atoms with E-state index in [1.54, 1.807) is 0 Å². The summed E-state index contributed by atoms with van der Waals surface area (Å²) in [5.74, 6) is 2.79. The van der Waals surface area contributed by atoms with Crippen molar-refractivity contribution < 1.29 is 4.79 Å². The van der Waals surface area contributed by atoms with Gasteiger partial charge in [0, 0.05) is 13.1 Å². The van der Waals surface area contributed by atoms with E-state index in [2.05, 4.69) is 11.2 Å². The number of carbonyl (C=O) groups excluding carboxylic acids is 1. The fourth-order valence-corrected chi connectivity index (χ4v) is 1.61. The second-order valence-electron chi connectivity index (χ2n) is 3.60. The van der Waals surface area contributed by atoms with Crippen LogP contribution < -0.4 is 5.32 Å². The van der Waals surface area contributed by atoms with Crippen molar-refractivity contribution in [3.63, 3.8) is 0 Å². The van der Waals surface area contributed by atoms with E-state index >= 15 is 0 Å². The van der Waals surface area contributed by atoms with Gasteiger partial charge < -0.3 is 4.90 Å². The molecule has 14 heavy (non-hydrogen) atoms. The molecule has 3 nitrogen and oxygen atoms in total. The molecule has 0 radical (unpaired) electrons. The molecule has 1 N–H and O–H groups in total. The van der Waals surface area contributed by atoms with Gasteiger partial charge in [-0.15, -0.1) is 6.42 Å². The quantitative estimate of drug-likeness (QED) is 0.665. The van der Waals surface area contributed by atoms with Crippen LogP contribution in [0.2, 0.25) is 0 Å². The van der Waals surface area contributed by atoms with Gasteiger partial charge in [0.1, 0.15) is 0 Å². The number of carbonyl (C=O) groups is 1. The third-order valence-electron chi connectivity index (χ3n) is 2.57. The molecular formula is C11H18N2O. The second-order valence-corrected chi connectivity index (χ2v) is 3.60. The molecule has 1 atom stereocenters. The maximum atomic E-state index is 11.6. The van der Waals surface area contributed by atoms with Crippen LogP contribution in [0.4, 0.5) is 0 Å². The molecule has 0 spiro atoms. The molecule has 1 aliphatic heterocycles. The summed E-state index contributed by atoms with van der Waals surface area (Å²) in [6.45, 7) is 4.21. The highest BCUT2D eigenvalue weighted by Gasteiger charge is 2.17. The minimum Gasteiger partial charge on any atom is -0.342 e. The Labute approximate surface area is 85.9 Å². The van der Waals surface area contributed by atoms with Gasteiger partial charge in [0.05, 0.1) is 12.6 Å². The third-order valence-corrected chi connectivity index (χ3v) is 2.57. The SMILES string of the molecule is C#CC(CC)NCC(=O)N1CCCC1. The molecule has 1 saturated heterocycles. The van der Waals surface area contributed by atoms with Gasteiger partial charge in [-0.2, -0.15) is 0 Å². The molecule has 1 fully saturated rings. The van der Waals surface area contributed by atoms with Gasteiger partial charge in [0.25, 0.3) is 0 Å². The number of hydrogen-bond donors (Lipinski definition) is 1. The number of terminal acetylenes is 1. The Balaban J connectivity index is 2.23. The maximum absolute atomic E-state index is 11.6. The average molecular weight is 194 g/mol. The summed E-state index contributed by atoms with van der Waals surface area (Å²) in [5, 5.41) is 3.07. The van der Waals surface area contributed by atoms with E-state index < -0.39 is 0 Å². The molecular weight excluding hydrogens is 176 g/mol. The summed E-state index contributed by atoms with van der Waals surface area (Å²) in [5.41, 5.74) is 0. The van der Waals surface area contributed by atoms with Gasteiger partial charge in [-0.3, -0.25) is 10.1 Å². The highest BCUT2D eigenvalue weighted by atomic mass is 16.2. The lowest BCUT2D eigenvalue weighted by Crippen LogP contribution is -2.39. The summed E-state index contributed by atoms with van der Waals surface area (Å²) >= 11 is 0. The number of likely N-dealkylation sites (tertiary alicyclic amines) is 1. The predicted octanol–water partition coefficient (Wildman–Crippen LogP) is 0.610. The molecule has 0 aliphatic carbocycles. The van der Waals surface area contributed by atoms with Gasteiger partial charge >= 0.3 is 0 Å². The average Bonchev–Trinajstić information content (AvgIpc) is 2.72. The van der Waals surface area contributed by atoms with Gasteiger partial charge in [-0.1, -0.05) is 12.8 Å². The lowest BCUT2D eigenvalue weighted by atomic mass is 10.2. The first kappa shape index (κ1) is 11.1. The number of nitrogens with zero attached hydrogens (tertiary/aromatic N) is 1. The zero-order valence-electron chi connectivity index (χ0n) is 8.75. The van der Waals surface area contributed by atoms with Crippen LogP contribution in [0, 0.1) is 12.3 Å². The Morgan fingerprint density at radius 2 is 2.21 bits per heavy atom. The van der Waals surface area contributed by atoms with Crippen molar-refractivity contribution in [2.75, 3.05) is 19.6 Å². The summed E-state index contributed by atoms with van der Waals surface area (Å²) in [6, 6.07) is 0.0292. The normalized spacial score (nSPS) is 17.9. The van der Waals surface area contributed by atoms with Crippen molar-refractivity contribution in [2.24, 2.45) is 0 Å². The molecule has 78 valence electrons. The van der Waals surface area contributed by atoms with Crippen molar-refractivity contribution in [1.82, 2.24) is 10.2 Å². The van der Waals surface area contributed by atoms with Crippen LogP contribution in [0.25, 0.3) is 0 Å². The predicted molar refractivity (Wildman–Crippen MR) is 56.7 cm³/mol. The smallest absolute Gasteiger partial charge is 0.236 e. The summed E-state index contributed by atoms with van der Waals surface area (Å²) < 4.78 is 0. The molecule has 1 aliphatic rings. The van der Waals surface area contributed by atoms with Crippen LogP contribution in [0.3, 0.4) is 0 Å². The highest BCUT2D eigenvalue weighted by Crippen LogP contribution is 2.06. The van der Waals surface area contributed by atoms with Gasteiger partial charge in [0.2, 0.25) is 5.91 Å². The molecule has 0 aromatic rings. The molecule has 1 rings (SSSR count). The molecule has 1 amide bonds. The fourth-order valence-electron chi connectivity index (χ4n) is 1.61. The Hall–Kier alpha value is -1.01. The second kappa shape index (κ2) is 5.66. The van der Waals surface area contributed by atoms with Gasteiger partial charge in [-0.05, 0) is 19.3 Å². The first-order valence-electron chi connectivity index (χ1n) is 5.25. The minimum atomic E-state index is 0.0292. The van der Waals surface area contributed by atoms with Crippen LogP contribution in [-0.4, -0.2) is 36.5 Å². The van der Waals surface area contributed by atoms with Gasteiger partial charge in [-0.25, -0.2) is 0 Å². The minimum absolute atomic E-state index is 0.0292. The largest absolute Gasteiger partial charge is 0.342 e. The van der Waals surface area contributed by atoms with Crippen molar-refractivity contribution in [3.8, 4) is 12.3 Å². The summed E-state index contributed by atoms with van der Waals surface area (Å²) in [6.07, 6.45) is 8.42. The van der Waals surface area contributed by atoms with E-state index in [0.29, 0.717) is 6.54 Å². The maximum Gasteiger partial charge on any atom is 0.236 e. The van der Waals surface area contributed by atoms with Crippen molar-refractivity contribution in [2.45, 2.75) is 32.2 Å². The van der Waals surface area contributed by atoms with Crippen molar-refractivity contribution in [3.05, 3.63) is 0 Å². The Morgan fingerprint density at radius 3 is 2.71 bits per heavy atom. The number of amides is 1. The monoisotopic (exact) mass is 194 g/mol. The third kappa shape index (κ3) is 3.04. The summed E-state index contributed by atoms with van der Waals surface area (Å²) in [7, 11) is 0. The Morgan fingerprint density at radius 1 is 1.57 bits per heavy atom. The highest BCUT2D eigenvalue weighted by molar-refractivity contribution is 5.78. The Bertz CT molecular complexity index is 226. The van der Waals surface area contributed by atoms with Crippen LogP contribution in [0.1, 0.15) is 26.2 Å². The Kier molecular flexibility index (Phi) is 4.48. The van der Waals surface area contributed by atoms with Crippen LogP contribution in [0.15, 0.2) is 0 Å². The standard InChI is InChI=1S/C11H18N2O/c1-3-10(4-2)12-9-11(14)13-7-5-6-8-13/h1,10,12H,4-9H2,2H3. The lowest BCUT2D eigenvalue weighted by molar-refractivity contribution is -0.129. The number of rotatable bonds is 4. The molecule has 1 heterocycles. The zero-order chi connectivity index (χ0) is 10.4. The van der Waals surface area contributed by atoms with Crippen LogP contribution in [0.5, 0.6) is 0 Å².